The number of aromatic nitrogens is 3. The summed E-state index contributed by atoms with van der Waals surface area (Å²) in [6.07, 6.45) is 1.40. The van der Waals surface area contributed by atoms with Crippen LogP contribution >= 0.6 is 7.60 Å². The van der Waals surface area contributed by atoms with Crippen LogP contribution in [0, 0.1) is 11.6 Å². The Bertz CT molecular complexity index is 1440. The average Bonchev–Trinajstić information content (AvgIpc) is 3.27. The number of nitrogens with one attached hydrogen (secondary N) is 1. The number of hydrogen-bond donors (Lipinski definition) is 3. The molecule has 0 atom stereocenters. The van der Waals surface area contributed by atoms with Crippen molar-refractivity contribution in [3.8, 4) is 11.5 Å². The van der Waals surface area contributed by atoms with Crippen molar-refractivity contribution in [3.63, 3.8) is 0 Å². The van der Waals surface area contributed by atoms with Crippen LogP contribution in [-0.4, -0.2) is 31.1 Å². The Hall–Kier alpha value is -3.27. The highest BCUT2D eigenvalue weighted by atomic mass is 31.2. The van der Waals surface area contributed by atoms with Crippen LogP contribution in [0.25, 0.3) is 21.9 Å². The number of benzene rings is 2. The molecule has 0 unspecified atom stereocenters. The highest BCUT2D eigenvalue weighted by molar-refractivity contribution is 7.60. The van der Waals surface area contributed by atoms with Crippen LogP contribution in [0.5, 0.6) is 11.5 Å². The fraction of sp³-hybridized carbons (Fsp3) is 0.111. The Kier molecular flexibility index (Phi) is 3.97. The number of aromatic amines is 1. The molecule has 0 aliphatic carbocycles. The van der Waals surface area contributed by atoms with Gasteiger partial charge >= 0.3 is 13.3 Å². The third kappa shape index (κ3) is 2.78. The van der Waals surface area contributed by atoms with Gasteiger partial charge in [-0.25, -0.2) is 18.6 Å². The third-order valence-corrected chi connectivity index (χ3v) is 5.81. The zero-order chi connectivity index (χ0) is 21.2. The number of nitrogens with zero attached hydrogens (tertiary/aromatic N) is 2. The van der Waals surface area contributed by atoms with Crippen LogP contribution in [0.4, 0.5) is 8.78 Å². The minimum Gasteiger partial charge on any atom is -0.454 e. The van der Waals surface area contributed by atoms with E-state index >= 15 is 0 Å². The largest absolute Gasteiger partial charge is 0.454 e. The number of ether oxygens (including phenoxy) is 2. The lowest BCUT2D eigenvalue weighted by molar-refractivity contribution is 0.174. The standard InChI is InChI=1S/C18H12F2N3O6P/c19-11-3-8(30(25,26)27)4-12(20)10(11)6-23-16-9-1-2-14-17(29-7-28-14)15(9)21-5-13(16)22-18(23)24/h1-5H,6-7H2,(H,22,24)(H2,25,26,27). The highest BCUT2D eigenvalue weighted by Gasteiger charge is 2.24. The van der Waals surface area contributed by atoms with E-state index < -0.39 is 42.3 Å². The van der Waals surface area contributed by atoms with Gasteiger partial charge in [-0.05, 0) is 24.3 Å². The molecule has 0 radical (unpaired) electrons. The quantitative estimate of drug-likeness (QED) is 0.419. The fourth-order valence-electron chi connectivity index (χ4n) is 3.50. The molecule has 30 heavy (non-hydrogen) atoms. The first kappa shape index (κ1) is 18.7. The van der Waals surface area contributed by atoms with Gasteiger partial charge in [0.05, 0.1) is 29.1 Å². The molecule has 9 nitrogen and oxygen atoms in total. The SMILES string of the molecule is O=c1[nH]c2cnc3c4c(ccc3c2n1Cc1c(F)cc(P(=O)(O)O)cc1F)OCO4. The van der Waals surface area contributed by atoms with Crippen molar-refractivity contribution in [2.75, 3.05) is 6.79 Å². The Morgan fingerprint density at radius 1 is 1.20 bits per heavy atom. The lowest BCUT2D eigenvalue weighted by Crippen LogP contribution is -2.20. The van der Waals surface area contributed by atoms with E-state index in [-0.39, 0.29) is 6.79 Å². The maximum Gasteiger partial charge on any atom is 0.356 e. The second-order valence-electron chi connectivity index (χ2n) is 6.66. The molecule has 1 aliphatic heterocycles. The molecule has 2 aromatic carbocycles. The molecule has 0 fully saturated rings. The van der Waals surface area contributed by atoms with E-state index in [2.05, 4.69) is 9.97 Å². The Balaban J connectivity index is 1.72. The Morgan fingerprint density at radius 3 is 2.63 bits per heavy atom. The molecule has 3 heterocycles. The van der Waals surface area contributed by atoms with Crippen molar-refractivity contribution in [2.24, 2.45) is 0 Å². The summed E-state index contributed by atoms with van der Waals surface area (Å²) in [5, 5.41) is -0.280. The van der Waals surface area contributed by atoms with Gasteiger partial charge in [0.2, 0.25) is 6.79 Å². The smallest absolute Gasteiger partial charge is 0.356 e. The van der Waals surface area contributed by atoms with Gasteiger partial charge in [0, 0.05) is 10.9 Å². The van der Waals surface area contributed by atoms with E-state index in [9.17, 15) is 18.1 Å². The lowest BCUT2D eigenvalue weighted by Gasteiger charge is -2.11. The van der Waals surface area contributed by atoms with Crippen LogP contribution in [0.15, 0.2) is 35.3 Å². The molecular weight excluding hydrogens is 423 g/mol. The summed E-state index contributed by atoms with van der Waals surface area (Å²) in [5.41, 5.74) is -0.0287. The molecule has 0 amide bonds. The minimum absolute atomic E-state index is 0.0243. The topological polar surface area (TPSA) is 127 Å². The lowest BCUT2D eigenvalue weighted by atomic mass is 10.1. The van der Waals surface area contributed by atoms with E-state index in [4.69, 9.17) is 19.3 Å². The number of pyridine rings is 1. The third-order valence-electron chi connectivity index (χ3n) is 4.88. The zero-order valence-corrected chi connectivity index (χ0v) is 15.8. The van der Waals surface area contributed by atoms with Gasteiger partial charge in [-0.3, -0.25) is 9.13 Å². The van der Waals surface area contributed by atoms with E-state index in [0.717, 1.165) is 4.57 Å². The summed E-state index contributed by atoms with van der Waals surface area (Å²) in [7, 11) is -4.84. The predicted molar refractivity (Wildman–Crippen MR) is 101 cm³/mol. The number of imidazole rings is 1. The molecule has 0 bridgehead atoms. The van der Waals surface area contributed by atoms with Crippen molar-refractivity contribution in [1.82, 2.24) is 14.5 Å². The van der Waals surface area contributed by atoms with Crippen molar-refractivity contribution in [2.45, 2.75) is 6.54 Å². The summed E-state index contributed by atoms with van der Waals surface area (Å²) in [6, 6.07) is 4.43. The molecule has 2 aromatic heterocycles. The molecule has 5 rings (SSSR count). The number of fused-ring (bicyclic) bond motifs is 5. The van der Waals surface area contributed by atoms with Gasteiger partial charge in [0.1, 0.15) is 17.2 Å². The van der Waals surface area contributed by atoms with Crippen molar-refractivity contribution in [3.05, 3.63) is 58.1 Å². The minimum atomic E-state index is -4.84. The summed E-state index contributed by atoms with van der Waals surface area (Å²) in [6.45, 7) is -0.484. The van der Waals surface area contributed by atoms with E-state index in [0.29, 0.717) is 45.6 Å². The first-order valence-electron chi connectivity index (χ1n) is 8.58. The molecule has 0 saturated heterocycles. The molecule has 154 valence electrons. The van der Waals surface area contributed by atoms with Crippen LogP contribution < -0.4 is 20.5 Å². The summed E-state index contributed by atoms with van der Waals surface area (Å²) in [5.74, 6) is -1.46. The number of hydrogen-bond acceptors (Lipinski definition) is 5. The first-order chi connectivity index (χ1) is 14.2. The van der Waals surface area contributed by atoms with Crippen LogP contribution in [-0.2, 0) is 11.1 Å². The molecule has 4 aromatic rings. The molecule has 1 aliphatic rings. The Morgan fingerprint density at radius 2 is 1.93 bits per heavy atom. The van der Waals surface area contributed by atoms with Crippen LogP contribution in [0.1, 0.15) is 5.56 Å². The first-order valence-corrected chi connectivity index (χ1v) is 10.2. The maximum absolute atomic E-state index is 14.5. The molecular formula is C18H12F2N3O6P. The monoisotopic (exact) mass is 435 g/mol. The van der Waals surface area contributed by atoms with E-state index in [1.807, 2.05) is 0 Å². The van der Waals surface area contributed by atoms with Crippen LogP contribution in [0.3, 0.4) is 0 Å². The normalized spacial score (nSPS) is 13.5. The molecule has 0 spiro atoms. The van der Waals surface area contributed by atoms with Gasteiger partial charge < -0.3 is 24.2 Å². The molecule has 12 heteroatoms. The Labute approximate surface area is 165 Å². The molecule has 3 N–H and O–H groups in total. The van der Waals surface area contributed by atoms with Gasteiger partial charge in [-0.2, -0.15) is 0 Å². The van der Waals surface area contributed by atoms with E-state index in [1.54, 1.807) is 12.1 Å². The number of halogens is 2. The summed E-state index contributed by atoms with van der Waals surface area (Å²) >= 11 is 0. The van der Waals surface area contributed by atoms with Crippen LogP contribution in [0.2, 0.25) is 0 Å². The highest BCUT2D eigenvalue weighted by Crippen LogP contribution is 2.40. The summed E-state index contributed by atoms with van der Waals surface area (Å²) in [4.78, 5) is 37.7. The maximum atomic E-state index is 14.5. The van der Waals surface area contributed by atoms with E-state index in [1.165, 1.54) is 6.20 Å². The van der Waals surface area contributed by atoms with Crippen molar-refractivity contribution < 1.29 is 32.6 Å². The van der Waals surface area contributed by atoms with Gasteiger partial charge in [0.15, 0.2) is 11.5 Å². The van der Waals surface area contributed by atoms with Crippen molar-refractivity contribution in [1.29, 1.82) is 0 Å². The summed E-state index contributed by atoms with van der Waals surface area (Å²) < 4.78 is 52.2. The zero-order valence-electron chi connectivity index (χ0n) is 14.9. The fourth-order valence-corrected chi connectivity index (χ4v) is 4.06. The van der Waals surface area contributed by atoms with Crippen molar-refractivity contribution >= 4 is 34.8 Å². The second-order valence-corrected chi connectivity index (χ2v) is 8.27. The van der Waals surface area contributed by atoms with Gasteiger partial charge in [0.25, 0.3) is 0 Å². The predicted octanol–water partition coefficient (Wildman–Crippen LogP) is 1.74. The molecule has 0 saturated carbocycles. The second kappa shape index (κ2) is 6.36. The number of rotatable bonds is 3. The van der Waals surface area contributed by atoms with Gasteiger partial charge in [-0.15, -0.1) is 0 Å². The number of H-pyrrole nitrogens is 1. The van der Waals surface area contributed by atoms with Gasteiger partial charge in [-0.1, -0.05) is 0 Å². The average molecular weight is 435 g/mol.